The van der Waals surface area contributed by atoms with Gasteiger partial charge in [-0.1, -0.05) is 23.8 Å². The second-order valence-corrected chi connectivity index (χ2v) is 6.44. The summed E-state index contributed by atoms with van der Waals surface area (Å²) in [6.45, 7) is 3.71. The lowest BCUT2D eigenvalue weighted by Gasteiger charge is -2.15. The van der Waals surface area contributed by atoms with Crippen molar-refractivity contribution in [3.05, 3.63) is 53.2 Å². The molecule has 0 unspecified atom stereocenters. The van der Waals surface area contributed by atoms with Gasteiger partial charge in [-0.15, -0.1) is 0 Å². The average Bonchev–Trinajstić information content (AvgIpc) is 2.64. The summed E-state index contributed by atoms with van der Waals surface area (Å²) in [7, 11) is 1.64. The third-order valence-corrected chi connectivity index (χ3v) is 3.72. The molecule has 152 valence electrons. The summed E-state index contributed by atoms with van der Waals surface area (Å²) in [6.07, 6.45) is 1.80. The van der Waals surface area contributed by atoms with Gasteiger partial charge in [-0.05, 0) is 32.4 Å². The first-order valence-corrected chi connectivity index (χ1v) is 8.98. The molecule has 0 amide bonds. The van der Waals surface area contributed by atoms with E-state index >= 15 is 0 Å². The number of halogens is 2. The van der Waals surface area contributed by atoms with Crippen LogP contribution >= 0.6 is 0 Å². The Balaban J connectivity index is 1.92. The molecule has 8 heteroatoms. The Kier molecular flexibility index (Phi) is 7.98. The lowest BCUT2D eigenvalue weighted by atomic mass is 10.1. The van der Waals surface area contributed by atoms with Crippen molar-refractivity contribution in [1.82, 2.24) is 15.6 Å². The molecule has 1 heterocycles. The van der Waals surface area contributed by atoms with E-state index < -0.39 is 6.61 Å². The van der Waals surface area contributed by atoms with Crippen molar-refractivity contribution in [2.45, 2.75) is 46.6 Å². The highest BCUT2D eigenvalue weighted by molar-refractivity contribution is 5.79. The summed E-state index contributed by atoms with van der Waals surface area (Å²) in [6, 6.07) is 8.80. The summed E-state index contributed by atoms with van der Waals surface area (Å²) in [5.41, 5.74) is 2.53. The van der Waals surface area contributed by atoms with E-state index in [1.54, 1.807) is 31.4 Å². The number of nitrogens with zero attached hydrogens (tertiary/aromatic N) is 2. The number of hydrogen-bond donors (Lipinski definition) is 2. The maximum atomic E-state index is 12.6. The predicted octanol–water partition coefficient (Wildman–Crippen LogP) is 3.64. The summed E-state index contributed by atoms with van der Waals surface area (Å²) in [5, 5.41) is 6.26. The smallest absolute Gasteiger partial charge is 0.387 e. The number of rotatable bonds is 8. The molecule has 1 aromatic heterocycles. The average molecular weight is 392 g/mol. The van der Waals surface area contributed by atoms with Gasteiger partial charge in [0.1, 0.15) is 5.75 Å². The van der Waals surface area contributed by atoms with Gasteiger partial charge in [0.25, 0.3) is 0 Å². The number of pyridine rings is 1. The molecule has 1 aromatic carbocycles. The van der Waals surface area contributed by atoms with Gasteiger partial charge >= 0.3 is 6.61 Å². The van der Waals surface area contributed by atoms with Crippen LogP contribution in [0, 0.1) is 6.92 Å². The number of benzene rings is 1. The normalized spacial score (nSPS) is 11.6. The molecule has 0 aliphatic heterocycles. The molecule has 0 bridgehead atoms. The fourth-order valence-corrected chi connectivity index (χ4v) is 2.47. The van der Waals surface area contributed by atoms with Crippen LogP contribution in [0.15, 0.2) is 41.5 Å². The van der Waals surface area contributed by atoms with Crippen LogP contribution in [0.1, 0.15) is 30.5 Å². The van der Waals surface area contributed by atoms with Gasteiger partial charge < -0.3 is 20.1 Å². The van der Waals surface area contributed by atoms with E-state index in [4.69, 9.17) is 4.74 Å². The van der Waals surface area contributed by atoms with E-state index in [1.165, 1.54) is 0 Å². The molecule has 2 aromatic rings. The molecule has 6 nitrogen and oxygen atoms in total. The molecule has 28 heavy (non-hydrogen) atoms. The van der Waals surface area contributed by atoms with Gasteiger partial charge in [0.2, 0.25) is 5.88 Å². The number of aryl methyl sites for hydroxylation is 1. The van der Waals surface area contributed by atoms with Crippen molar-refractivity contribution in [3.63, 3.8) is 0 Å². The van der Waals surface area contributed by atoms with Crippen molar-refractivity contribution >= 4 is 5.96 Å². The Morgan fingerprint density at radius 2 is 1.86 bits per heavy atom. The van der Waals surface area contributed by atoms with E-state index in [0.717, 1.165) is 11.1 Å². The first-order valence-electron chi connectivity index (χ1n) is 8.98. The van der Waals surface area contributed by atoms with E-state index in [1.807, 2.05) is 32.9 Å². The topological polar surface area (TPSA) is 67.8 Å². The largest absolute Gasteiger partial charge is 0.475 e. The fraction of sp³-hybridized carbons (Fsp3) is 0.400. The van der Waals surface area contributed by atoms with Gasteiger partial charge in [-0.2, -0.15) is 8.78 Å². The van der Waals surface area contributed by atoms with Gasteiger partial charge in [-0.3, -0.25) is 4.99 Å². The number of nitrogens with one attached hydrogen (secondary N) is 2. The maximum absolute atomic E-state index is 12.6. The maximum Gasteiger partial charge on any atom is 0.387 e. The molecule has 0 aliphatic rings. The summed E-state index contributed by atoms with van der Waals surface area (Å²) in [5.74, 6) is 1.26. The van der Waals surface area contributed by atoms with Crippen LogP contribution in [0.2, 0.25) is 0 Å². The van der Waals surface area contributed by atoms with Gasteiger partial charge in [0, 0.05) is 38.0 Å². The minimum Gasteiger partial charge on any atom is -0.475 e. The minimum absolute atomic E-state index is 0.0695. The molecular weight excluding hydrogens is 366 g/mol. The summed E-state index contributed by atoms with van der Waals surface area (Å²) in [4.78, 5) is 8.40. The third-order valence-electron chi connectivity index (χ3n) is 3.72. The lowest BCUT2D eigenvalue weighted by molar-refractivity contribution is -0.0504. The van der Waals surface area contributed by atoms with Crippen LogP contribution < -0.4 is 20.1 Å². The zero-order chi connectivity index (χ0) is 20.5. The van der Waals surface area contributed by atoms with E-state index in [0.29, 0.717) is 30.5 Å². The zero-order valence-corrected chi connectivity index (χ0v) is 16.5. The van der Waals surface area contributed by atoms with Crippen LogP contribution in [-0.4, -0.2) is 30.7 Å². The number of aliphatic imine (C=N–C) groups is 1. The molecule has 0 aliphatic carbocycles. The molecule has 2 rings (SSSR count). The standard InChI is InChI=1S/C20H26F2N4O2/c1-13(2)27-18-8-6-15(10-24-18)11-25-20(23-4)26-12-16-9-14(3)5-7-17(16)28-19(21)22/h5-10,13,19H,11-12H2,1-4H3,(H2,23,25,26). The molecule has 0 spiro atoms. The number of alkyl halides is 2. The van der Waals surface area contributed by atoms with Crippen molar-refractivity contribution < 1.29 is 18.3 Å². The highest BCUT2D eigenvalue weighted by atomic mass is 19.3. The minimum atomic E-state index is -2.87. The Hall–Kier alpha value is -2.90. The first-order chi connectivity index (χ1) is 13.4. The third kappa shape index (κ3) is 7.02. The number of guanidine groups is 1. The zero-order valence-electron chi connectivity index (χ0n) is 16.5. The van der Waals surface area contributed by atoms with E-state index in [9.17, 15) is 8.78 Å². The van der Waals surface area contributed by atoms with Crippen molar-refractivity contribution in [3.8, 4) is 11.6 Å². The molecule has 0 radical (unpaired) electrons. The lowest BCUT2D eigenvalue weighted by Crippen LogP contribution is -2.36. The Labute approximate surface area is 164 Å². The van der Waals surface area contributed by atoms with Crippen LogP contribution in [0.5, 0.6) is 11.6 Å². The van der Waals surface area contributed by atoms with Crippen LogP contribution in [-0.2, 0) is 13.1 Å². The number of aromatic nitrogens is 1. The quantitative estimate of drug-likeness (QED) is 0.530. The van der Waals surface area contributed by atoms with Crippen LogP contribution in [0.3, 0.4) is 0 Å². The molecule has 0 atom stereocenters. The molecule has 0 saturated carbocycles. The monoisotopic (exact) mass is 392 g/mol. The van der Waals surface area contributed by atoms with Crippen molar-refractivity contribution in [1.29, 1.82) is 0 Å². The van der Waals surface area contributed by atoms with Gasteiger partial charge in [0.05, 0.1) is 6.10 Å². The Morgan fingerprint density at radius 1 is 1.11 bits per heavy atom. The number of ether oxygens (including phenoxy) is 2. The molecule has 0 saturated heterocycles. The first kappa shape index (κ1) is 21.4. The SMILES string of the molecule is CN=C(NCc1ccc(OC(C)C)nc1)NCc1cc(C)ccc1OC(F)F. The Morgan fingerprint density at radius 3 is 2.46 bits per heavy atom. The van der Waals surface area contributed by atoms with Crippen molar-refractivity contribution in [2.24, 2.45) is 4.99 Å². The van der Waals surface area contributed by atoms with Gasteiger partial charge in [-0.25, -0.2) is 4.98 Å². The fourth-order valence-electron chi connectivity index (χ4n) is 2.47. The van der Waals surface area contributed by atoms with E-state index in [2.05, 4.69) is 25.3 Å². The second-order valence-electron chi connectivity index (χ2n) is 6.44. The van der Waals surface area contributed by atoms with Crippen LogP contribution in [0.25, 0.3) is 0 Å². The highest BCUT2D eigenvalue weighted by Gasteiger charge is 2.10. The number of hydrogen-bond acceptors (Lipinski definition) is 4. The van der Waals surface area contributed by atoms with Crippen molar-refractivity contribution in [2.75, 3.05) is 7.05 Å². The van der Waals surface area contributed by atoms with Crippen LogP contribution in [0.4, 0.5) is 8.78 Å². The molecule has 0 fully saturated rings. The molecular formula is C20H26F2N4O2. The predicted molar refractivity (Wildman–Crippen MR) is 105 cm³/mol. The second kappa shape index (κ2) is 10.4. The highest BCUT2D eigenvalue weighted by Crippen LogP contribution is 2.22. The summed E-state index contributed by atoms with van der Waals surface area (Å²) >= 11 is 0. The summed E-state index contributed by atoms with van der Waals surface area (Å²) < 4.78 is 35.3. The molecule has 2 N–H and O–H groups in total. The van der Waals surface area contributed by atoms with Gasteiger partial charge in [0.15, 0.2) is 5.96 Å². The van der Waals surface area contributed by atoms with E-state index in [-0.39, 0.29) is 11.9 Å². The Bertz CT molecular complexity index is 780.